The van der Waals surface area contributed by atoms with E-state index in [2.05, 4.69) is 9.97 Å². The highest BCUT2D eigenvalue weighted by molar-refractivity contribution is 7.90. The zero-order chi connectivity index (χ0) is 11.1. The normalized spacial score (nSPS) is 11.9. The van der Waals surface area contributed by atoms with Gasteiger partial charge in [-0.2, -0.15) is 0 Å². The Morgan fingerprint density at radius 2 is 2.07 bits per heavy atom. The number of fused-ring (bicyclic) bond motifs is 1. The first-order valence-corrected chi connectivity index (χ1v) is 6.36. The highest BCUT2D eigenvalue weighted by Crippen LogP contribution is 2.17. The summed E-state index contributed by atoms with van der Waals surface area (Å²) in [6.07, 6.45) is 2.42. The molecule has 0 aliphatic rings. The van der Waals surface area contributed by atoms with Crippen LogP contribution in [0.2, 0.25) is 5.15 Å². The predicted octanol–water partition coefficient (Wildman–Crippen LogP) is 1.69. The van der Waals surface area contributed by atoms with Gasteiger partial charge in [0.15, 0.2) is 15.5 Å². The lowest BCUT2D eigenvalue weighted by atomic mass is 10.3. The fourth-order valence-electron chi connectivity index (χ4n) is 1.17. The molecule has 15 heavy (non-hydrogen) atoms. The quantitative estimate of drug-likeness (QED) is 0.714. The van der Waals surface area contributed by atoms with Crippen LogP contribution >= 0.6 is 11.6 Å². The maximum atomic E-state index is 11.3. The number of rotatable bonds is 1. The van der Waals surface area contributed by atoms with Crippen LogP contribution in [0.25, 0.3) is 11.0 Å². The van der Waals surface area contributed by atoms with Gasteiger partial charge in [0, 0.05) is 17.8 Å². The molecule has 2 aromatic rings. The van der Waals surface area contributed by atoms with Gasteiger partial charge in [-0.05, 0) is 18.2 Å². The van der Waals surface area contributed by atoms with Crippen molar-refractivity contribution >= 4 is 32.5 Å². The summed E-state index contributed by atoms with van der Waals surface area (Å²) in [4.78, 5) is 8.07. The van der Waals surface area contributed by atoms with Crippen LogP contribution in [0.1, 0.15) is 0 Å². The summed E-state index contributed by atoms with van der Waals surface area (Å²) in [5.74, 6) is 0. The molecule has 0 N–H and O–H groups in total. The number of halogens is 1. The van der Waals surface area contributed by atoms with E-state index < -0.39 is 9.84 Å². The molecule has 0 fully saturated rings. The van der Waals surface area contributed by atoms with Crippen molar-refractivity contribution in [3.63, 3.8) is 0 Å². The summed E-state index contributed by atoms with van der Waals surface area (Å²) in [7, 11) is -3.23. The van der Waals surface area contributed by atoms with Crippen molar-refractivity contribution in [3.05, 3.63) is 29.5 Å². The maximum absolute atomic E-state index is 11.3. The average Bonchev–Trinajstić information content (AvgIpc) is 2.15. The van der Waals surface area contributed by atoms with Crippen molar-refractivity contribution in [2.75, 3.05) is 6.26 Å². The van der Waals surface area contributed by atoms with Gasteiger partial charge in [0.2, 0.25) is 0 Å². The predicted molar refractivity (Wildman–Crippen MR) is 57.7 cm³/mol. The molecular weight excluding hydrogens is 236 g/mol. The van der Waals surface area contributed by atoms with Crippen LogP contribution < -0.4 is 0 Å². The van der Waals surface area contributed by atoms with E-state index in [0.717, 1.165) is 6.26 Å². The molecule has 0 saturated carbocycles. The SMILES string of the molecule is CS(=O)(=O)c1cnc2nc(Cl)ccc2c1. The monoisotopic (exact) mass is 242 g/mol. The van der Waals surface area contributed by atoms with E-state index in [1.165, 1.54) is 12.3 Å². The lowest BCUT2D eigenvalue weighted by Gasteiger charge is -2.00. The first-order valence-electron chi connectivity index (χ1n) is 4.09. The molecule has 6 heteroatoms. The van der Waals surface area contributed by atoms with E-state index in [4.69, 9.17) is 11.6 Å². The van der Waals surface area contributed by atoms with E-state index in [9.17, 15) is 8.42 Å². The highest BCUT2D eigenvalue weighted by atomic mass is 35.5. The molecule has 78 valence electrons. The third-order valence-corrected chi connectivity index (χ3v) is 3.20. The van der Waals surface area contributed by atoms with Crippen molar-refractivity contribution in [1.29, 1.82) is 0 Å². The molecule has 0 saturated heterocycles. The minimum atomic E-state index is -3.23. The van der Waals surface area contributed by atoms with E-state index in [1.807, 2.05) is 0 Å². The first-order chi connectivity index (χ1) is 6.97. The smallest absolute Gasteiger partial charge is 0.177 e. The number of aromatic nitrogens is 2. The van der Waals surface area contributed by atoms with E-state index in [1.54, 1.807) is 12.1 Å². The molecule has 4 nitrogen and oxygen atoms in total. The van der Waals surface area contributed by atoms with Gasteiger partial charge in [0.25, 0.3) is 0 Å². The Labute approximate surface area is 91.8 Å². The van der Waals surface area contributed by atoms with Gasteiger partial charge in [-0.1, -0.05) is 11.6 Å². The molecule has 0 bridgehead atoms. The second-order valence-electron chi connectivity index (χ2n) is 3.12. The topological polar surface area (TPSA) is 59.9 Å². The minimum absolute atomic E-state index is 0.180. The van der Waals surface area contributed by atoms with Gasteiger partial charge in [-0.3, -0.25) is 0 Å². The van der Waals surface area contributed by atoms with Crippen LogP contribution in [-0.4, -0.2) is 24.6 Å². The zero-order valence-electron chi connectivity index (χ0n) is 7.81. The van der Waals surface area contributed by atoms with Crippen LogP contribution in [0, 0.1) is 0 Å². The molecule has 0 radical (unpaired) electrons. The number of sulfone groups is 1. The first kappa shape index (κ1) is 10.3. The second kappa shape index (κ2) is 3.43. The summed E-state index contributed by atoms with van der Waals surface area (Å²) in [6.45, 7) is 0. The standard InChI is InChI=1S/C9H7ClN2O2S/c1-15(13,14)7-4-6-2-3-8(10)12-9(6)11-5-7/h2-5H,1H3. The third kappa shape index (κ3) is 2.08. The van der Waals surface area contributed by atoms with Crippen LogP contribution in [0.15, 0.2) is 29.3 Å². The Hall–Kier alpha value is -1.20. The van der Waals surface area contributed by atoms with Crippen molar-refractivity contribution in [3.8, 4) is 0 Å². The van der Waals surface area contributed by atoms with Crippen LogP contribution in [0.5, 0.6) is 0 Å². The summed E-state index contributed by atoms with van der Waals surface area (Å²) in [6, 6.07) is 4.81. The summed E-state index contributed by atoms with van der Waals surface area (Å²) in [5, 5.41) is 0.990. The van der Waals surface area contributed by atoms with E-state index in [-0.39, 0.29) is 4.90 Å². The Morgan fingerprint density at radius 1 is 1.33 bits per heavy atom. The molecule has 0 atom stereocenters. The van der Waals surface area contributed by atoms with Crippen LogP contribution in [-0.2, 0) is 9.84 Å². The van der Waals surface area contributed by atoms with Gasteiger partial charge >= 0.3 is 0 Å². The molecule has 2 heterocycles. The lowest BCUT2D eigenvalue weighted by molar-refractivity contribution is 0.601. The average molecular weight is 243 g/mol. The molecule has 0 spiro atoms. The van der Waals surface area contributed by atoms with Gasteiger partial charge in [0.1, 0.15) is 5.15 Å². The molecule has 2 rings (SSSR count). The van der Waals surface area contributed by atoms with Gasteiger partial charge in [-0.25, -0.2) is 18.4 Å². The van der Waals surface area contributed by atoms with Gasteiger partial charge in [-0.15, -0.1) is 0 Å². The number of hydrogen-bond donors (Lipinski definition) is 0. The van der Waals surface area contributed by atoms with Gasteiger partial charge < -0.3 is 0 Å². The fourth-order valence-corrected chi connectivity index (χ4v) is 1.90. The van der Waals surface area contributed by atoms with Crippen LogP contribution in [0.4, 0.5) is 0 Å². The van der Waals surface area contributed by atoms with E-state index in [0.29, 0.717) is 16.2 Å². The minimum Gasteiger partial charge on any atom is -0.235 e. The molecule has 0 aromatic carbocycles. The summed E-state index contributed by atoms with van der Waals surface area (Å²) >= 11 is 5.68. The number of nitrogens with zero attached hydrogens (tertiary/aromatic N) is 2. The molecule has 0 aliphatic heterocycles. The Bertz CT molecular complexity index is 625. The fraction of sp³-hybridized carbons (Fsp3) is 0.111. The molecular formula is C9H7ClN2O2S. The number of hydrogen-bond acceptors (Lipinski definition) is 4. The molecule has 0 amide bonds. The zero-order valence-corrected chi connectivity index (χ0v) is 9.38. The highest BCUT2D eigenvalue weighted by Gasteiger charge is 2.08. The summed E-state index contributed by atoms with van der Waals surface area (Å²) in [5.41, 5.74) is 0.440. The van der Waals surface area contributed by atoms with Crippen molar-refractivity contribution in [2.24, 2.45) is 0 Å². The Kier molecular flexibility index (Phi) is 2.36. The number of pyridine rings is 2. The second-order valence-corrected chi connectivity index (χ2v) is 5.53. The maximum Gasteiger partial charge on any atom is 0.177 e. The van der Waals surface area contributed by atoms with E-state index >= 15 is 0 Å². The van der Waals surface area contributed by atoms with Crippen LogP contribution in [0.3, 0.4) is 0 Å². The van der Waals surface area contributed by atoms with Crippen molar-refractivity contribution in [1.82, 2.24) is 9.97 Å². The Balaban J connectivity index is 2.73. The molecule has 0 unspecified atom stereocenters. The molecule has 2 aromatic heterocycles. The lowest BCUT2D eigenvalue weighted by Crippen LogP contribution is -1.98. The largest absolute Gasteiger partial charge is 0.235 e. The Morgan fingerprint density at radius 3 is 2.73 bits per heavy atom. The van der Waals surface area contributed by atoms with Gasteiger partial charge in [0.05, 0.1) is 4.90 Å². The van der Waals surface area contributed by atoms with Crippen molar-refractivity contribution in [2.45, 2.75) is 4.90 Å². The third-order valence-electron chi connectivity index (χ3n) is 1.91. The van der Waals surface area contributed by atoms with Crippen molar-refractivity contribution < 1.29 is 8.42 Å². The molecule has 0 aliphatic carbocycles. The summed E-state index contributed by atoms with van der Waals surface area (Å²) < 4.78 is 22.5.